The molecule has 0 spiro atoms. The van der Waals surface area contributed by atoms with E-state index in [0.717, 1.165) is 62.1 Å². The molecule has 180 valence electrons. The number of anilines is 1. The molecule has 0 radical (unpaired) electrons. The largest absolute Gasteiger partial charge is 0.497 e. The summed E-state index contributed by atoms with van der Waals surface area (Å²) in [6.45, 7) is 5.66. The Kier molecular flexibility index (Phi) is 10.7. The summed E-state index contributed by atoms with van der Waals surface area (Å²) >= 11 is 0. The van der Waals surface area contributed by atoms with Crippen LogP contribution < -0.4 is 20.7 Å². The summed E-state index contributed by atoms with van der Waals surface area (Å²) in [7, 11) is 3.70. The number of guanidine groups is 1. The number of hydrogen-bond donors (Lipinski definition) is 2. The van der Waals surface area contributed by atoms with E-state index in [1.165, 1.54) is 5.56 Å². The highest BCUT2D eigenvalue weighted by atomic mass is 127. The number of aromatic nitrogens is 1. The number of amides is 1. The van der Waals surface area contributed by atoms with Crippen molar-refractivity contribution in [3.63, 3.8) is 0 Å². The second-order valence-electron chi connectivity index (χ2n) is 8.02. The number of nitrogens with two attached hydrogens (primary N) is 1. The van der Waals surface area contributed by atoms with E-state index in [4.69, 9.17) is 15.5 Å². The molecule has 8 nitrogen and oxygen atoms in total. The van der Waals surface area contributed by atoms with Crippen LogP contribution in [0.15, 0.2) is 47.6 Å². The number of piperidine rings is 1. The second kappa shape index (κ2) is 13.2. The highest BCUT2D eigenvalue weighted by molar-refractivity contribution is 14.0. The zero-order valence-corrected chi connectivity index (χ0v) is 22.0. The molecule has 0 atom stereocenters. The van der Waals surface area contributed by atoms with Crippen LogP contribution in [0, 0.1) is 5.92 Å². The molecule has 3 rings (SSSR count). The summed E-state index contributed by atoms with van der Waals surface area (Å²) in [6.07, 6.45) is 3.34. The molecule has 0 saturated carbocycles. The Morgan fingerprint density at radius 2 is 1.97 bits per heavy atom. The molecule has 9 heteroatoms. The minimum atomic E-state index is -0.203. The van der Waals surface area contributed by atoms with Crippen LogP contribution in [0.4, 0.5) is 5.82 Å². The summed E-state index contributed by atoms with van der Waals surface area (Å²) in [5.41, 5.74) is 7.73. The van der Waals surface area contributed by atoms with Gasteiger partial charge >= 0.3 is 0 Å². The maximum atomic E-state index is 11.5. The third kappa shape index (κ3) is 7.48. The van der Waals surface area contributed by atoms with Gasteiger partial charge in [-0.1, -0.05) is 18.2 Å². The van der Waals surface area contributed by atoms with E-state index in [0.29, 0.717) is 6.54 Å². The van der Waals surface area contributed by atoms with Gasteiger partial charge in [0.05, 0.1) is 13.7 Å². The van der Waals surface area contributed by atoms with Gasteiger partial charge in [0.25, 0.3) is 0 Å². The van der Waals surface area contributed by atoms with Gasteiger partial charge < -0.3 is 25.6 Å². The monoisotopic (exact) mass is 566 g/mol. The van der Waals surface area contributed by atoms with E-state index in [1.54, 1.807) is 7.11 Å². The van der Waals surface area contributed by atoms with Crippen LogP contribution in [0.25, 0.3) is 0 Å². The maximum Gasteiger partial charge on any atom is 0.220 e. The molecule has 1 aromatic carbocycles. The standard InChI is InChI=1S/C24H34N6O2.HI/c1-4-26-24(29(2)17-18-7-9-21(32-3)10-8-18)28-16-20-6-5-13-27-23(20)30-14-11-19(12-15-30)22(25)31;/h5-10,13,19H,4,11-12,14-17H2,1-3H3,(H2,25,31)(H,26,28);1H. The summed E-state index contributed by atoms with van der Waals surface area (Å²) in [5.74, 6) is 2.38. The van der Waals surface area contributed by atoms with Gasteiger partial charge in [-0.15, -0.1) is 24.0 Å². The fourth-order valence-electron chi connectivity index (χ4n) is 3.92. The quantitative estimate of drug-likeness (QED) is 0.290. The number of aliphatic imine (C=N–C) groups is 1. The third-order valence-corrected chi connectivity index (χ3v) is 5.74. The predicted octanol–water partition coefficient (Wildman–Crippen LogP) is 3.01. The van der Waals surface area contributed by atoms with Crippen molar-refractivity contribution in [1.82, 2.24) is 15.2 Å². The first-order chi connectivity index (χ1) is 15.5. The Morgan fingerprint density at radius 3 is 2.58 bits per heavy atom. The molecule has 33 heavy (non-hydrogen) atoms. The Hall–Kier alpha value is -2.56. The number of carbonyl (C=O) groups is 1. The van der Waals surface area contributed by atoms with E-state index >= 15 is 0 Å². The molecule has 1 saturated heterocycles. The lowest BCUT2D eigenvalue weighted by Gasteiger charge is -2.32. The summed E-state index contributed by atoms with van der Waals surface area (Å²) < 4.78 is 5.24. The number of primary amides is 1. The Labute approximate surface area is 213 Å². The number of pyridine rings is 1. The molecule has 1 aliphatic heterocycles. The molecule has 1 aliphatic rings. The van der Waals surface area contributed by atoms with Crippen molar-refractivity contribution in [1.29, 1.82) is 0 Å². The van der Waals surface area contributed by atoms with Crippen molar-refractivity contribution in [2.24, 2.45) is 16.6 Å². The van der Waals surface area contributed by atoms with Crippen LogP contribution in [0.5, 0.6) is 5.75 Å². The van der Waals surface area contributed by atoms with E-state index in [1.807, 2.05) is 31.4 Å². The van der Waals surface area contributed by atoms with Gasteiger partial charge in [-0.2, -0.15) is 0 Å². The highest BCUT2D eigenvalue weighted by Gasteiger charge is 2.25. The Bertz CT molecular complexity index is 913. The average Bonchev–Trinajstić information content (AvgIpc) is 2.82. The minimum Gasteiger partial charge on any atom is -0.497 e. The lowest BCUT2D eigenvalue weighted by Crippen LogP contribution is -2.39. The van der Waals surface area contributed by atoms with Crippen LogP contribution >= 0.6 is 24.0 Å². The van der Waals surface area contributed by atoms with Crippen molar-refractivity contribution < 1.29 is 9.53 Å². The van der Waals surface area contributed by atoms with Crippen LogP contribution in [-0.4, -0.2) is 55.5 Å². The van der Waals surface area contributed by atoms with Crippen molar-refractivity contribution in [3.05, 3.63) is 53.7 Å². The van der Waals surface area contributed by atoms with Gasteiger partial charge in [-0.3, -0.25) is 4.79 Å². The normalized spacial score (nSPS) is 14.4. The Balaban J connectivity index is 0.00000385. The first-order valence-electron chi connectivity index (χ1n) is 11.1. The number of rotatable bonds is 8. The SMILES string of the molecule is CCNC(=NCc1cccnc1N1CCC(C(N)=O)CC1)N(C)Cc1ccc(OC)cc1.I. The first kappa shape index (κ1) is 26.7. The van der Waals surface area contributed by atoms with Gasteiger partial charge in [0.1, 0.15) is 11.6 Å². The van der Waals surface area contributed by atoms with E-state index in [-0.39, 0.29) is 35.8 Å². The maximum absolute atomic E-state index is 11.5. The topological polar surface area (TPSA) is 96.1 Å². The van der Waals surface area contributed by atoms with Crippen molar-refractivity contribution in [2.45, 2.75) is 32.9 Å². The van der Waals surface area contributed by atoms with Gasteiger partial charge in [-0.25, -0.2) is 9.98 Å². The van der Waals surface area contributed by atoms with Gasteiger partial charge in [0, 0.05) is 50.9 Å². The van der Waals surface area contributed by atoms with E-state index < -0.39 is 0 Å². The molecular formula is C24H35IN6O2. The molecule has 3 N–H and O–H groups in total. The predicted molar refractivity (Wildman–Crippen MR) is 143 cm³/mol. The lowest BCUT2D eigenvalue weighted by atomic mass is 9.96. The number of hydrogen-bond acceptors (Lipinski definition) is 5. The van der Waals surface area contributed by atoms with Crippen LogP contribution in [-0.2, 0) is 17.9 Å². The molecule has 1 fully saturated rings. The first-order valence-corrected chi connectivity index (χ1v) is 11.1. The van der Waals surface area contributed by atoms with Crippen LogP contribution in [0.2, 0.25) is 0 Å². The fourth-order valence-corrected chi connectivity index (χ4v) is 3.92. The summed E-state index contributed by atoms with van der Waals surface area (Å²) in [4.78, 5) is 25.3. The van der Waals surface area contributed by atoms with Gasteiger partial charge in [0.15, 0.2) is 5.96 Å². The van der Waals surface area contributed by atoms with Crippen molar-refractivity contribution >= 4 is 41.7 Å². The number of halogens is 1. The van der Waals surface area contributed by atoms with Gasteiger partial charge in [-0.05, 0) is 43.5 Å². The molecular weight excluding hydrogens is 531 g/mol. The summed E-state index contributed by atoms with van der Waals surface area (Å²) in [6, 6.07) is 12.1. The Morgan fingerprint density at radius 1 is 1.27 bits per heavy atom. The van der Waals surface area contributed by atoms with E-state index in [9.17, 15) is 4.79 Å². The third-order valence-electron chi connectivity index (χ3n) is 5.74. The molecule has 2 heterocycles. The molecule has 1 amide bonds. The molecule has 0 aliphatic carbocycles. The average molecular weight is 566 g/mol. The smallest absolute Gasteiger partial charge is 0.220 e. The summed E-state index contributed by atoms with van der Waals surface area (Å²) in [5, 5.41) is 3.38. The van der Waals surface area contributed by atoms with Crippen molar-refractivity contribution in [2.75, 3.05) is 38.7 Å². The number of nitrogens with one attached hydrogen (secondary N) is 1. The number of benzene rings is 1. The molecule has 0 unspecified atom stereocenters. The second-order valence-corrected chi connectivity index (χ2v) is 8.02. The lowest BCUT2D eigenvalue weighted by molar-refractivity contribution is -0.122. The van der Waals surface area contributed by atoms with E-state index in [2.05, 4.69) is 45.2 Å². The van der Waals surface area contributed by atoms with Crippen LogP contribution in [0.1, 0.15) is 30.9 Å². The fraction of sp³-hybridized carbons (Fsp3) is 0.458. The van der Waals surface area contributed by atoms with Gasteiger partial charge in [0.2, 0.25) is 5.91 Å². The molecule has 1 aromatic heterocycles. The minimum absolute atomic E-state index is 0. The highest BCUT2D eigenvalue weighted by Crippen LogP contribution is 2.25. The molecule has 2 aromatic rings. The zero-order valence-electron chi connectivity index (χ0n) is 19.7. The number of ether oxygens (including phenoxy) is 1. The van der Waals surface area contributed by atoms with Crippen molar-refractivity contribution in [3.8, 4) is 5.75 Å². The number of nitrogens with zero attached hydrogens (tertiary/aromatic N) is 4. The zero-order chi connectivity index (χ0) is 22.9. The van der Waals surface area contributed by atoms with Crippen LogP contribution in [0.3, 0.4) is 0 Å². The number of methoxy groups -OCH3 is 1. The molecule has 0 bridgehead atoms. The number of carbonyl (C=O) groups excluding carboxylic acids is 1.